The summed E-state index contributed by atoms with van der Waals surface area (Å²) in [5.74, 6) is 0.170. The molecule has 1 saturated heterocycles. The first-order valence-electron chi connectivity index (χ1n) is 6.63. The maximum Gasteiger partial charge on any atom is 0.237 e. The molecule has 0 saturated carbocycles. The summed E-state index contributed by atoms with van der Waals surface area (Å²) in [5, 5.41) is 9.58. The molecule has 4 heteroatoms. The molecule has 1 aliphatic rings. The van der Waals surface area contributed by atoms with E-state index in [2.05, 4.69) is 4.90 Å². The second kappa shape index (κ2) is 6.36. The summed E-state index contributed by atoms with van der Waals surface area (Å²) >= 11 is 0. The minimum Gasteiger partial charge on any atom is -0.392 e. The van der Waals surface area contributed by atoms with Crippen molar-refractivity contribution in [2.75, 3.05) is 19.6 Å². The van der Waals surface area contributed by atoms with E-state index in [9.17, 15) is 9.90 Å². The van der Waals surface area contributed by atoms with Crippen molar-refractivity contribution in [2.45, 2.75) is 58.7 Å². The van der Waals surface area contributed by atoms with Gasteiger partial charge in [-0.05, 0) is 47.1 Å². The van der Waals surface area contributed by atoms with Crippen LogP contribution in [0.1, 0.15) is 40.5 Å². The van der Waals surface area contributed by atoms with Crippen LogP contribution in [0.2, 0.25) is 0 Å². The molecule has 1 heterocycles. The molecule has 17 heavy (non-hydrogen) atoms. The van der Waals surface area contributed by atoms with Crippen LogP contribution in [0.25, 0.3) is 0 Å². The molecule has 1 rings (SSSR count). The molecule has 1 aliphatic heterocycles. The van der Waals surface area contributed by atoms with Gasteiger partial charge < -0.3 is 10.0 Å². The van der Waals surface area contributed by atoms with Gasteiger partial charge in [0.05, 0.1) is 12.6 Å². The zero-order valence-electron chi connectivity index (χ0n) is 11.5. The average Bonchev–Trinajstić information content (AvgIpc) is 2.15. The predicted octanol–water partition coefficient (Wildman–Crippen LogP) is 1.09. The minimum atomic E-state index is -0.261. The first-order chi connectivity index (χ1) is 7.91. The molecular formula is C13H26N2O2. The molecule has 0 radical (unpaired) electrons. The maximum atomic E-state index is 12.2. The van der Waals surface area contributed by atoms with Crippen molar-refractivity contribution in [3.8, 4) is 0 Å². The van der Waals surface area contributed by atoms with E-state index in [1.54, 1.807) is 0 Å². The number of β-amino-alcohol motifs (C(OH)–C–C–N with tert-alkyl or cyclic N) is 1. The molecule has 0 aliphatic carbocycles. The molecule has 1 unspecified atom stereocenters. The fourth-order valence-electron chi connectivity index (χ4n) is 2.62. The average molecular weight is 242 g/mol. The molecule has 0 bridgehead atoms. The van der Waals surface area contributed by atoms with E-state index in [0.717, 1.165) is 19.4 Å². The molecule has 4 nitrogen and oxygen atoms in total. The Morgan fingerprint density at radius 1 is 1.35 bits per heavy atom. The molecule has 1 amide bonds. The van der Waals surface area contributed by atoms with Gasteiger partial charge in [-0.15, -0.1) is 0 Å². The Labute approximate surface area is 105 Å². The van der Waals surface area contributed by atoms with Crippen molar-refractivity contribution in [3.05, 3.63) is 0 Å². The normalized spacial score (nSPS) is 22.2. The van der Waals surface area contributed by atoms with Gasteiger partial charge in [-0.1, -0.05) is 0 Å². The molecule has 0 aromatic carbocycles. The number of amides is 1. The van der Waals surface area contributed by atoms with Gasteiger partial charge in [0.2, 0.25) is 5.91 Å². The van der Waals surface area contributed by atoms with Gasteiger partial charge >= 0.3 is 0 Å². The number of nitrogens with zero attached hydrogens (tertiary/aromatic N) is 2. The molecule has 1 atom stereocenters. The van der Waals surface area contributed by atoms with E-state index in [1.807, 2.05) is 32.6 Å². The Hall–Kier alpha value is -0.610. The fraction of sp³-hybridized carbons (Fsp3) is 0.923. The van der Waals surface area contributed by atoms with Crippen molar-refractivity contribution in [3.63, 3.8) is 0 Å². The standard InChI is InChI=1S/C13H26N2O2/c1-10(2)15(11(3)4)13(17)9-14-7-5-6-12(16)8-14/h10-12,16H,5-9H2,1-4H3. The summed E-state index contributed by atoms with van der Waals surface area (Å²) in [6.45, 7) is 10.2. The van der Waals surface area contributed by atoms with Crippen LogP contribution < -0.4 is 0 Å². The van der Waals surface area contributed by atoms with Crippen LogP contribution in [0.3, 0.4) is 0 Å². The Morgan fingerprint density at radius 3 is 2.41 bits per heavy atom. The number of aliphatic hydroxyl groups is 1. The summed E-state index contributed by atoms with van der Waals surface area (Å²) in [6.07, 6.45) is 1.59. The molecule has 0 spiro atoms. The lowest BCUT2D eigenvalue weighted by atomic mass is 10.1. The summed E-state index contributed by atoms with van der Waals surface area (Å²) in [5.41, 5.74) is 0. The highest BCUT2D eigenvalue weighted by Crippen LogP contribution is 2.12. The van der Waals surface area contributed by atoms with Crippen molar-refractivity contribution < 1.29 is 9.90 Å². The summed E-state index contributed by atoms with van der Waals surface area (Å²) in [6, 6.07) is 0.467. The number of carbonyl (C=O) groups excluding carboxylic acids is 1. The van der Waals surface area contributed by atoms with Crippen LogP contribution >= 0.6 is 0 Å². The molecule has 1 N–H and O–H groups in total. The fourth-order valence-corrected chi connectivity index (χ4v) is 2.62. The van der Waals surface area contributed by atoms with E-state index < -0.39 is 0 Å². The Balaban J connectivity index is 2.51. The topological polar surface area (TPSA) is 43.8 Å². The maximum absolute atomic E-state index is 12.2. The van der Waals surface area contributed by atoms with Crippen LogP contribution in [-0.2, 0) is 4.79 Å². The largest absolute Gasteiger partial charge is 0.392 e. The highest BCUT2D eigenvalue weighted by Gasteiger charge is 2.25. The highest BCUT2D eigenvalue weighted by atomic mass is 16.3. The van der Waals surface area contributed by atoms with Gasteiger partial charge in [0.1, 0.15) is 0 Å². The van der Waals surface area contributed by atoms with Crippen LogP contribution in [0.5, 0.6) is 0 Å². The quantitative estimate of drug-likeness (QED) is 0.802. The second-order valence-electron chi connectivity index (χ2n) is 5.52. The van der Waals surface area contributed by atoms with Crippen molar-refractivity contribution in [1.29, 1.82) is 0 Å². The Morgan fingerprint density at radius 2 is 1.94 bits per heavy atom. The lowest BCUT2D eigenvalue weighted by Gasteiger charge is -2.35. The van der Waals surface area contributed by atoms with E-state index in [1.165, 1.54) is 0 Å². The van der Waals surface area contributed by atoms with Crippen molar-refractivity contribution >= 4 is 5.91 Å². The van der Waals surface area contributed by atoms with E-state index >= 15 is 0 Å². The third kappa shape index (κ3) is 4.28. The first-order valence-corrected chi connectivity index (χ1v) is 6.63. The first kappa shape index (κ1) is 14.5. The number of piperidine rings is 1. The van der Waals surface area contributed by atoms with Crippen LogP contribution in [0, 0.1) is 0 Å². The minimum absolute atomic E-state index is 0.170. The predicted molar refractivity (Wildman–Crippen MR) is 68.8 cm³/mol. The van der Waals surface area contributed by atoms with E-state index in [4.69, 9.17) is 0 Å². The molecule has 1 fully saturated rings. The molecule has 100 valence electrons. The SMILES string of the molecule is CC(C)N(C(=O)CN1CCCC(O)C1)C(C)C. The van der Waals surface area contributed by atoms with Gasteiger partial charge in [-0.2, -0.15) is 0 Å². The third-order valence-corrected chi connectivity index (χ3v) is 3.24. The number of carbonyl (C=O) groups is 1. The van der Waals surface area contributed by atoms with Gasteiger partial charge in [0, 0.05) is 18.6 Å². The van der Waals surface area contributed by atoms with Gasteiger partial charge in [-0.3, -0.25) is 9.69 Å². The highest BCUT2D eigenvalue weighted by molar-refractivity contribution is 5.78. The van der Waals surface area contributed by atoms with Gasteiger partial charge in [0.15, 0.2) is 0 Å². The monoisotopic (exact) mass is 242 g/mol. The zero-order chi connectivity index (χ0) is 13.0. The molecule has 0 aromatic rings. The van der Waals surface area contributed by atoms with Gasteiger partial charge in [-0.25, -0.2) is 0 Å². The number of aliphatic hydroxyl groups excluding tert-OH is 1. The van der Waals surface area contributed by atoms with E-state index in [-0.39, 0.29) is 24.1 Å². The zero-order valence-corrected chi connectivity index (χ0v) is 11.5. The number of likely N-dealkylation sites (tertiary alicyclic amines) is 1. The van der Waals surface area contributed by atoms with Crippen molar-refractivity contribution in [2.24, 2.45) is 0 Å². The van der Waals surface area contributed by atoms with Crippen molar-refractivity contribution in [1.82, 2.24) is 9.80 Å². The molecule has 0 aromatic heterocycles. The number of hydrogen-bond acceptors (Lipinski definition) is 3. The van der Waals surface area contributed by atoms with Crippen LogP contribution in [0.15, 0.2) is 0 Å². The molecular weight excluding hydrogens is 216 g/mol. The lowest BCUT2D eigenvalue weighted by Crippen LogP contribution is -2.49. The summed E-state index contributed by atoms with van der Waals surface area (Å²) < 4.78 is 0. The van der Waals surface area contributed by atoms with E-state index in [0.29, 0.717) is 13.1 Å². The number of rotatable bonds is 4. The third-order valence-electron chi connectivity index (χ3n) is 3.24. The smallest absolute Gasteiger partial charge is 0.237 e. The summed E-state index contributed by atoms with van der Waals surface area (Å²) in [4.78, 5) is 16.2. The second-order valence-corrected chi connectivity index (χ2v) is 5.52. The Kier molecular flexibility index (Phi) is 5.40. The number of hydrogen-bond donors (Lipinski definition) is 1. The Bertz CT molecular complexity index is 246. The lowest BCUT2D eigenvalue weighted by molar-refractivity contribution is -0.136. The van der Waals surface area contributed by atoms with Gasteiger partial charge in [0.25, 0.3) is 0 Å². The summed E-state index contributed by atoms with van der Waals surface area (Å²) in [7, 11) is 0. The van der Waals surface area contributed by atoms with Crippen LogP contribution in [-0.4, -0.2) is 58.6 Å². The van der Waals surface area contributed by atoms with Crippen LogP contribution in [0.4, 0.5) is 0 Å².